The van der Waals surface area contributed by atoms with E-state index in [2.05, 4.69) is 5.09 Å². The van der Waals surface area contributed by atoms with Gasteiger partial charge in [0.1, 0.15) is 17.5 Å². The predicted molar refractivity (Wildman–Crippen MR) is 115 cm³/mol. The molecule has 31 heavy (non-hydrogen) atoms. The summed E-state index contributed by atoms with van der Waals surface area (Å²) in [4.78, 5) is 22.4. The molecule has 0 saturated heterocycles. The molecule has 0 spiro atoms. The smallest absolute Gasteiger partial charge is 0.465 e. The van der Waals surface area contributed by atoms with Crippen molar-refractivity contribution < 1.29 is 28.1 Å². The highest BCUT2D eigenvalue weighted by molar-refractivity contribution is 7.52. The maximum atomic E-state index is 13.6. The topological polar surface area (TPSA) is 117 Å². The zero-order valence-electron chi connectivity index (χ0n) is 16.9. The van der Waals surface area contributed by atoms with E-state index in [-0.39, 0.29) is 23.8 Å². The summed E-state index contributed by atoms with van der Waals surface area (Å²) in [5, 5.41) is 15.0. The lowest BCUT2D eigenvalue weighted by Gasteiger charge is -2.23. The average Bonchev–Trinajstić information content (AvgIpc) is 2.74. The molecule has 0 aliphatic rings. The van der Waals surface area contributed by atoms with Crippen LogP contribution >= 0.6 is 7.75 Å². The number of hydrogen-bond donors (Lipinski definition) is 1. The van der Waals surface area contributed by atoms with Gasteiger partial charge in [-0.2, -0.15) is 5.09 Å². The van der Waals surface area contributed by atoms with E-state index in [1.54, 1.807) is 25.1 Å². The van der Waals surface area contributed by atoms with Gasteiger partial charge >= 0.3 is 13.7 Å². The highest BCUT2D eigenvalue weighted by atomic mass is 31.2. The molecule has 0 aromatic heterocycles. The minimum atomic E-state index is -4.16. The van der Waals surface area contributed by atoms with Gasteiger partial charge in [-0.25, -0.2) is 4.57 Å². The summed E-state index contributed by atoms with van der Waals surface area (Å²) in [5.41, 5.74) is -0.148. The van der Waals surface area contributed by atoms with Crippen molar-refractivity contribution in [3.8, 4) is 11.5 Å². The van der Waals surface area contributed by atoms with Crippen molar-refractivity contribution in [1.82, 2.24) is 5.09 Å². The van der Waals surface area contributed by atoms with Crippen LogP contribution in [0.4, 0.5) is 5.69 Å². The molecule has 0 fully saturated rings. The van der Waals surface area contributed by atoms with Gasteiger partial charge in [0.05, 0.1) is 11.5 Å². The van der Waals surface area contributed by atoms with E-state index in [4.69, 9.17) is 13.8 Å². The lowest BCUT2D eigenvalue weighted by molar-refractivity contribution is -0.384. The summed E-state index contributed by atoms with van der Waals surface area (Å²) in [5.74, 6) is -0.277. The zero-order chi connectivity index (χ0) is 22.4. The normalized spacial score (nSPS) is 13.7. The van der Waals surface area contributed by atoms with Crippen LogP contribution in [0.5, 0.6) is 11.5 Å². The van der Waals surface area contributed by atoms with Crippen molar-refractivity contribution in [2.45, 2.75) is 19.9 Å². The zero-order valence-corrected chi connectivity index (χ0v) is 17.8. The van der Waals surface area contributed by atoms with Crippen LogP contribution in [0, 0.1) is 10.1 Å². The van der Waals surface area contributed by atoms with Gasteiger partial charge in [0, 0.05) is 17.5 Å². The van der Waals surface area contributed by atoms with Crippen molar-refractivity contribution in [2.75, 3.05) is 6.61 Å². The van der Waals surface area contributed by atoms with E-state index in [1.165, 1.54) is 31.2 Å². The Hall–Kier alpha value is -3.42. The maximum Gasteiger partial charge on any atom is 0.513 e. The number of nitro groups is 1. The van der Waals surface area contributed by atoms with E-state index < -0.39 is 24.7 Å². The molecule has 162 valence electrons. The van der Waals surface area contributed by atoms with Gasteiger partial charge < -0.3 is 13.8 Å². The first-order valence-corrected chi connectivity index (χ1v) is 11.0. The van der Waals surface area contributed by atoms with Crippen LogP contribution in [0.1, 0.15) is 13.8 Å². The molecule has 1 unspecified atom stereocenters. The number of esters is 1. The second kappa shape index (κ2) is 9.59. The fraction of sp³-hybridized carbons (Fsp3) is 0.190. The third kappa shape index (κ3) is 5.59. The summed E-state index contributed by atoms with van der Waals surface area (Å²) >= 11 is 0. The highest BCUT2D eigenvalue weighted by Gasteiger charge is 2.34. The molecule has 0 aliphatic carbocycles. The number of carbonyl (C=O) groups excluding carboxylic acids is 1. The highest BCUT2D eigenvalue weighted by Crippen LogP contribution is 2.47. The third-order valence-corrected chi connectivity index (χ3v) is 5.82. The fourth-order valence-corrected chi connectivity index (χ4v) is 4.34. The van der Waals surface area contributed by atoms with Gasteiger partial charge in [0.2, 0.25) is 0 Å². The Morgan fingerprint density at radius 1 is 1.06 bits per heavy atom. The minimum Gasteiger partial charge on any atom is -0.465 e. The van der Waals surface area contributed by atoms with Crippen LogP contribution < -0.4 is 14.1 Å². The van der Waals surface area contributed by atoms with Crippen LogP contribution in [0.2, 0.25) is 0 Å². The van der Waals surface area contributed by atoms with Gasteiger partial charge in [-0.3, -0.25) is 14.9 Å². The summed E-state index contributed by atoms with van der Waals surface area (Å²) in [6.07, 6.45) is 0. The molecule has 0 bridgehead atoms. The first kappa shape index (κ1) is 22.3. The second-order valence-corrected chi connectivity index (χ2v) is 8.13. The third-order valence-electron chi connectivity index (χ3n) is 4.23. The summed E-state index contributed by atoms with van der Waals surface area (Å²) in [6.45, 7) is 3.28. The van der Waals surface area contributed by atoms with Crippen molar-refractivity contribution in [3.63, 3.8) is 0 Å². The number of carbonyl (C=O) groups is 1. The van der Waals surface area contributed by atoms with Crippen molar-refractivity contribution >= 4 is 30.2 Å². The quantitative estimate of drug-likeness (QED) is 0.215. The number of fused-ring (bicyclic) bond motifs is 1. The fourth-order valence-electron chi connectivity index (χ4n) is 2.80. The van der Waals surface area contributed by atoms with Crippen LogP contribution in [0.3, 0.4) is 0 Å². The average molecular weight is 444 g/mol. The van der Waals surface area contributed by atoms with Gasteiger partial charge in [-0.05, 0) is 37.4 Å². The van der Waals surface area contributed by atoms with Crippen LogP contribution in [0.15, 0.2) is 66.7 Å². The Kier molecular flexibility index (Phi) is 6.89. The second-order valence-electron chi connectivity index (χ2n) is 6.51. The summed E-state index contributed by atoms with van der Waals surface area (Å²) < 4.78 is 29.9. The van der Waals surface area contributed by atoms with Gasteiger partial charge in [0.15, 0.2) is 0 Å². The van der Waals surface area contributed by atoms with Gasteiger partial charge in [-0.1, -0.05) is 36.4 Å². The molecular formula is C21H21N2O7P. The molecule has 9 nitrogen and oxygen atoms in total. The Balaban J connectivity index is 1.93. The maximum absolute atomic E-state index is 13.6. The molecule has 0 radical (unpaired) electrons. The molecule has 0 saturated carbocycles. The van der Waals surface area contributed by atoms with E-state index in [0.29, 0.717) is 5.39 Å². The van der Waals surface area contributed by atoms with Crippen molar-refractivity contribution in [1.29, 1.82) is 0 Å². The van der Waals surface area contributed by atoms with E-state index in [1.807, 2.05) is 24.3 Å². The van der Waals surface area contributed by atoms with Gasteiger partial charge in [0.25, 0.3) is 5.69 Å². The summed E-state index contributed by atoms with van der Waals surface area (Å²) in [7, 11) is -4.16. The molecule has 10 heteroatoms. The monoisotopic (exact) mass is 444 g/mol. The van der Waals surface area contributed by atoms with Gasteiger partial charge in [-0.15, -0.1) is 0 Å². The molecular weight excluding hydrogens is 423 g/mol. The van der Waals surface area contributed by atoms with E-state index in [9.17, 15) is 19.5 Å². The van der Waals surface area contributed by atoms with Crippen LogP contribution in [0.25, 0.3) is 10.8 Å². The Morgan fingerprint density at radius 3 is 2.42 bits per heavy atom. The van der Waals surface area contributed by atoms with Crippen LogP contribution in [-0.2, 0) is 14.1 Å². The number of hydrogen-bond acceptors (Lipinski definition) is 7. The first-order chi connectivity index (χ1) is 14.8. The molecule has 3 aromatic rings. The molecule has 0 aliphatic heterocycles. The molecule has 3 rings (SSSR count). The number of nitrogens with one attached hydrogen (secondary N) is 1. The molecule has 3 aromatic carbocycles. The Labute approximate surface area is 178 Å². The van der Waals surface area contributed by atoms with Crippen LogP contribution in [-0.4, -0.2) is 23.5 Å². The van der Waals surface area contributed by atoms with E-state index in [0.717, 1.165) is 5.39 Å². The Bertz CT molecular complexity index is 1130. The SMILES string of the molecule is CCOC(=O)[C@H](C)NP(=O)(Oc1ccc([N+](=O)[O-])cc1)Oc1cccc2ccccc12. The number of benzene rings is 3. The number of ether oxygens (including phenoxy) is 1. The molecule has 2 atom stereocenters. The molecule has 0 heterocycles. The predicted octanol–water partition coefficient (Wildman–Crippen LogP) is 4.86. The summed E-state index contributed by atoms with van der Waals surface area (Å²) in [6, 6.07) is 16.6. The number of non-ortho nitro benzene ring substituents is 1. The lowest BCUT2D eigenvalue weighted by atomic mass is 10.1. The number of nitro benzene ring substituents is 1. The lowest BCUT2D eigenvalue weighted by Crippen LogP contribution is -2.35. The van der Waals surface area contributed by atoms with Crippen molar-refractivity contribution in [2.24, 2.45) is 0 Å². The number of rotatable bonds is 9. The molecule has 1 N–H and O–H groups in total. The molecule has 0 amide bonds. The Morgan fingerprint density at radius 2 is 1.74 bits per heavy atom. The largest absolute Gasteiger partial charge is 0.513 e. The van der Waals surface area contributed by atoms with E-state index >= 15 is 0 Å². The first-order valence-electron chi connectivity index (χ1n) is 9.47. The minimum absolute atomic E-state index is 0.0673. The standard InChI is InChI=1S/C21H21N2O7P/c1-3-28-21(24)15(2)22-31(27,29-18-13-11-17(12-14-18)23(25)26)30-20-10-6-8-16-7-4-5-9-19(16)20/h4-15H,3H2,1-2H3,(H,22,27)/t15-,31?/m0/s1. The van der Waals surface area contributed by atoms with Crippen molar-refractivity contribution in [3.05, 3.63) is 76.8 Å². The number of nitrogens with zero attached hydrogens (tertiary/aromatic N) is 1.